The van der Waals surface area contributed by atoms with Crippen molar-refractivity contribution in [2.24, 2.45) is 0 Å². The maximum atomic E-state index is 4.31. The first kappa shape index (κ1) is 12.8. The first-order valence-electron chi connectivity index (χ1n) is 6.39. The predicted octanol–water partition coefficient (Wildman–Crippen LogP) is 1.67. The monoisotopic (exact) mass is 244 g/mol. The largest absolute Gasteiger partial charge is 0.316 e. The summed E-state index contributed by atoms with van der Waals surface area (Å²) in [5.74, 6) is 0. The van der Waals surface area contributed by atoms with Gasteiger partial charge in [-0.3, -0.25) is 9.67 Å². The van der Waals surface area contributed by atoms with Crippen LogP contribution in [0.4, 0.5) is 0 Å². The summed E-state index contributed by atoms with van der Waals surface area (Å²) >= 11 is 0. The molecule has 0 aliphatic rings. The molecular formula is C14H20N4. The lowest BCUT2D eigenvalue weighted by Gasteiger charge is -2.14. The highest BCUT2D eigenvalue weighted by Crippen LogP contribution is 2.07. The van der Waals surface area contributed by atoms with E-state index in [4.69, 9.17) is 0 Å². The van der Waals surface area contributed by atoms with Gasteiger partial charge in [-0.2, -0.15) is 5.10 Å². The molecule has 4 nitrogen and oxygen atoms in total. The van der Waals surface area contributed by atoms with Crippen molar-refractivity contribution < 1.29 is 0 Å². The van der Waals surface area contributed by atoms with Crippen LogP contribution in [-0.2, 0) is 19.4 Å². The molecule has 0 fully saturated rings. The molecule has 2 rings (SSSR count). The van der Waals surface area contributed by atoms with Crippen LogP contribution >= 0.6 is 0 Å². The maximum absolute atomic E-state index is 4.31. The van der Waals surface area contributed by atoms with E-state index in [9.17, 15) is 0 Å². The number of hydrogen-bond donors (Lipinski definition) is 1. The molecule has 0 radical (unpaired) electrons. The van der Waals surface area contributed by atoms with Crippen LogP contribution in [0.25, 0.3) is 0 Å². The number of nitrogens with one attached hydrogen (secondary N) is 1. The van der Waals surface area contributed by atoms with Gasteiger partial charge in [0.1, 0.15) is 0 Å². The van der Waals surface area contributed by atoms with Crippen LogP contribution in [0.2, 0.25) is 0 Å². The van der Waals surface area contributed by atoms with Gasteiger partial charge < -0.3 is 5.32 Å². The number of rotatable bonds is 6. The third-order valence-corrected chi connectivity index (χ3v) is 3.11. The first-order chi connectivity index (χ1) is 8.81. The SMILES string of the molecule is CCn1cc(CC(Cc2cccnc2)NC)cn1. The predicted molar refractivity (Wildman–Crippen MR) is 72.4 cm³/mol. The second kappa shape index (κ2) is 6.31. The molecular weight excluding hydrogens is 224 g/mol. The summed E-state index contributed by atoms with van der Waals surface area (Å²) in [7, 11) is 2.01. The minimum atomic E-state index is 0.420. The summed E-state index contributed by atoms with van der Waals surface area (Å²) in [5, 5.41) is 7.67. The molecule has 0 spiro atoms. The fourth-order valence-corrected chi connectivity index (χ4v) is 2.05. The van der Waals surface area contributed by atoms with Gasteiger partial charge in [0.2, 0.25) is 0 Å². The molecule has 0 amide bonds. The topological polar surface area (TPSA) is 42.7 Å². The highest BCUT2D eigenvalue weighted by Gasteiger charge is 2.09. The highest BCUT2D eigenvalue weighted by molar-refractivity contribution is 5.13. The molecule has 1 unspecified atom stereocenters. The van der Waals surface area contributed by atoms with Gasteiger partial charge in [0, 0.05) is 31.2 Å². The van der Waals surface area contributed by atoms with Crippen molar-refractivity contribution in [1.29, 1.82) is 0 Å². The molecule has 18 heavy (non-hydrogen) atoms. The number of nitrogens with zero attached hydrogens (tertiary/aromatic N) is 3. The van der Waals surface area contributed by atoms with Crippen molar-refractivity contribution in [3.63, 3.8) is 0 Å². The molecule has 0 saturated carbocycles. The van der Waals surface area contributed by atoms with Crippen LogP contribution in [0.5, 0.6) is 0 Å². The van der Waals surface area contributed by atoms with E-state index in [0.29, 0.717) is 6.04 Å². The molecule has 0 aliphatic carbocycles. The average Bonchev–Trinajstić information content (AvgIpc) is 2.87. The summed E-state index contributed by atoms with van der Waals surface area (Å²) in [6, 6.07) is 4.52. The summed E-state index contributed by atoms with van der Waals surface area (Å²) in [6.45, 7) is 3.02. The van der Waals surface area contributed by atoms with E-state index in [1.807, 2.05) is 36.4 Å². The van der Waals surface area contributed by atoms with Gasteiger partial charge in [-0.1, -0.05) is 6.07 Å². The van der Waals surface area contributed by atoms with Crippen molar-refractivity contribution in [2.75, 3.05) is 7.05 Å². The molecule has 0 bridgehead atoms. The Morgan fingerprint density at radius 2 is 2.11 bits per heavy atom. The Labute approximate surface area is 108 Å². The van der Waals surface area contributed by atoms with Crippen molar-refractivity contribution in [3.8, 4) is 0 Å². The molecule has 0 aliphatic heterocycles. The minimum Gasteiger partial charge on any atom is -0.316 e. The van der Waals surface area contributed by atoms with Gasteiger partial charge in [-0.25, -0.2) is 0 Å². The Morgan fingerprint density at radius 1 is 1.28 bits per heavy atom. The molecule has 2 aromatic heterocycles. The lowest BCUT2D eigenvalue weighted by Crippen LogP contribution is -2.29. The highest BCUT2D eigenvalue weighted by atomic mass is 15.3. The van der Waals surface area contributed by atoms with Crippen molar-refractivity contribution >= 4 is 0 Å². The first-order valence-corrected chi connectivity index (χ1v) is 6.39. The van der Waals surface area contributed by atoms with Crippen LogP contribution in [-0.4, -0.2) is 27.9 Å². The fourth-order valence-electron chi connectivity index (χ4n) is 2.05. The van der Waals surface area contributed by atoms with Crippen molar-refractivity contribution in [2.45, 2.75) is 32.4 Å². The van der Waals surface area contributed by atoms with E-state index in [-0.39, 0.29) is 0 Å². The van der Waals surface area contributed by atoms with Crippen LogP contribution in [0.3, 0.4) is 0 Å². The third kappa shape index (κ3) is 3.40. The summed E-state index contributed by atoms with van der Waals surface area (Å²) < 4.78 is 1.96. The zero-order chi connectivity index (χ0) is 12.8. The van der Waals surface area contributed by atoms with E-state index in [1.165, 1.54) is 11.1 Å². The van der Waals surface area contributed by atoms with E-state index in [2.05, 4.69) is 34.6 Å². The lowest BCUT2D eigenvalue weighted by molar-refractivity contribution is 0.555. The Bertz CT molecular complexity index is 464. The molecule has 96 valence electrons. The van der Waals surface area contributed by atoms with Gasteiger partial charge in [-0.15, -0.1) is 0 Å². The van der Waals surface area contributed by atoms with Gasteiger partial charge in [0.15, 0.2) is 0 Å². The van der Waals surface area contributed by atoms with Crippen LogP contribution < -0.4 is 5.32 Å². The number of hydrogen-bond acceptors (Lipinski definition) is 3. The molecule has 1 atom stereocenters. The zero-order valence-electron chi connectivity index (χ0n) is 11.0. The number of aryl methyl sites for hydroxylation is 1. The van der Waals surface area contributed by atoms with Crippen LogP contribution in [0.15, 0.2) is 36.9 Å². The van der Waals surface area contributed by atoms with E-state index in [0.717, 1.165) is 19.4 Å². The van der Waals surface area contributed by atoms with E-state index in [1.54, 1.807) is 0 Å². The Kier molecular flexibility index (Phi) is 4.47. The summed E-state index contributed by atoms with van der Waals surface area (Å²) in [6.07, 6.45) is 9.79. The maximum Gasteiger partial charge on any atom is 0.0522 e. The Hall–Kier alpha value is -1.68. The van der Waals surface area contributed by atoms with E-state index < -0.39 is 0 Å². The summed E-state index contributed by atoms with van der Waals surface area (Å²) in [5.41, 5.74) is 2.54. The lowest BCUT2D eigenvalue weighted by atomic mass is 10.0. The smallest absolute Gasteiger partial charge is 0.0522 e. The molecule has 2 aromatic rings. The molecule has 1 N–H and O–H groups in total. The van der Waals surface area contributed by atoms with Crippen LogP contribution in [0.1, 0.15) is 18.1 Å². The standard InChI is InChI=1S/C14H20N4/c1-3-18-11-13(10-17-18)8-14(15-2)7-12-5-4-6-16-9-12/h4-6,9-11,14-15H,3,7-8H2,1-2H3. The van der Waals surface area contributed by atoms with Crippen LogP contribution in [0, 0.1) is 0 Å². The third-order valence-electron chi connectivity index (χ3n) is 3.11. The summed E-state index contributed by atoms with van der Waals surface area (Å²) in [4.78, 5) is 4.15. The normalized spacial score (nSPS) is 12.6. The molecule has 0 saturated heterocycles. The fraction of sp³-hybridized carbons (Fsp3) is 0.429. The van der Waals surface area contributed by atoms with Crippen molar-refractivity contribution in [3.05, 3.63) is 48.0 Å². The van der Waals surface area contributed by atoms with Gasteiger partial charge in [0.25, 0.3) is 0 Å². The Morgan fingerprint density at radius 3 is 2.72 bits per heavy atom. The molecule has 0 aromatic carbocycles. The molecule has 2 heterocycles. The van der Waals surface area contributed by atoms with Gasteiger partial charge in [-0.05, 0) is 44.0 Å². The minimum absolute atomic E-state index is 0.420. The molecule has 4 heteroatoms. The van der Waals surface area contributed by atoms with Gasteiger partial charge >= 0.3 is 0 Å². The Balaban J connectivity index is 1.97. The van der Waals surface area contributed by atoms with Gasteiger partial charge in [0.05, 0.1) is 6.20 Å². The second-order valence-electron chi connectivity index (χ2n) is 4.46. The zero-order valence-corrected chi connectivity index (χ0v) is 11.0. The number of pyridine rings is 1. The van der Waals surface area contributed by atoms with E-state index >= 15 is 0 Å². The second-order valence-corrected chi connectivity index (χ2v) is 4.46. The number of likely N-dealkylation sites (N-methyl/N-ethyl adjacent to an activating group) is 1. The average molecular weight is 244 g/mol. The van der Waals surface area contributed by atoms with Crippen molar-refractivity contribution in [1.82, 2.24) is 20.1 Å². The quantitative estimate of drug-likeness (QED) is 0.840. The number of aromatic nitrogens is 3.